The van der Waals surface area contributed by atoms with Crippen LogP contribution in [-0.4, -0.2) is 17.6 Å². The van der Waals surface area contributed by atoms with Gasteiger partial charge in [-0.05, 0) is 0 Å². The Hall–Kier alpha value is -0.410. The van der Waals surface area contributed by atoms with E-state index in [2.05, 4.69) is 5.73 Å². The van der Waals surface area contributed by atoms with Crippen LogP contribution in [0.4, 0.5) is 0 Å². The Balaban J connectivity index is 2.83. The van der Waals surface area contributed by atoms with E-state index < -0.39 is 6.23 Å². The molecule has 29 valence electrons. The van der Waals surface area contributed by atoms with Crippen LogP contribution < -0.4 is 5.73 Å². The summed E-state index contributed by atoms with van der Waals surface area (Å²) in [5.41, 5.74) is 4.42. The second kappa shape index (κ2) is 1.87. The Morgan fingerprint density at radius 1 is 2.00 bits per heavy atom. The number of hydrogen-bond acceptors (Lipinski definition) is 3. The maximum atomic E-state index is 9.00. The van der Waals surface area contributed by atoms with Crippen molar-refractivity contribution in [3.05, 3.63) is 0 Å². The summed E-state index contributed by atoms with van der Waals surface area (Å²) in [6.07, 6.45) is -0.310. The summed E-state index contributed by atoms with van der Waals surface area (Å²) in [4.78, 5) is 9.00. The Morgan fingerprint density at radius 3 is 2.20 bits per heavy atom. The van der Waals surface area contributed by atoms with Gasteiger partial charge < -0.3 is 5.11 Å². The summed E-state index contributed by atoms with van der Waals surface area (Å²) >= 11 is 0. The lowest BCUT2D eigenvalue weighted by Gasteiger charge is -1.79. The van der Waals surface area contributed by atoms with Crippen molar-refractivity contribution in [1.82, 2.24) is 0 Å². The Bertz CT molecular complexity index is 34.6. The van der Waals surface area contributed by atoms with E-state index in [0.29, 0.717) is 0 Å². The molecule has 0 spiro atoms. The Kier molecular flexibility index (Phi) is 1.72. The maximum absolute atomic E-state index is 9.00. The summed E-state index contributed by atoms with van der Waals surface area (Å²) in [7, 11) is 0. The van der Waals surface area contributed by atoms with E-state index >= 15 is 0 Å². The molecule has 0 aromatic heterocycles. The van der Waals surface area contributed by atoms with Crippen LogP contribution in [0.15, 0.2) is 0 Å². The van der Waals surface area contributed by atoms with Gasteiger partial charge in [0.1, 0.15) is 0 Å². The fourth-order valence-corrected chi connectivity index (χ4v) is 0. The molecule has 0 saturated carbocycles. The van der Waals surface area contributed by atoms with Gasteiger partial charge in [-0.25, -0.2) is 0 Å². The summed E-state index contributed by atoms with van der Waals surface area (Å²) in [6.45, 7) is 0. The minimum atomic E-state index is -1.42. The topological polar surface area (TPSA) is 63.3 Å². The zero-order chi connectivity index (χ0) is 4.28. The van der Waals surface area contributed by atoms with Crippen molar-refractivity contribution in [2.24, 2.45) is 5.73 Å². The molecule has 0 saturated heterocycles. The summed E-state index contributed by atoms with van der Waals surface area (Å²) in [6, 6.07) is 0. The van der Waals surface area contributed by atoms with Crippen molar-refractivity contribution < 1.29 is 9.90 Å². The fraction of sp³-hybridized carbons (Fsp3) is 0.500. The van der Waals surface area contributed by atoms with Gasteiger partial charge in [-0.15, -0.1) is 0 Å². The van der Waals surface area contributed by atoms with E-state index in [1.807, 2.05) is 0 Å². The average Bonchev–Trinajstić information content (AvgIpc) is 1.38. The fourth-order valence-electron chi connectivity index (χ4n) is 0. The van der Waals surface area contributed by atoms with Crippen molar-refractivity contribution in [3.63, 3.8) is 0 Å². The minimum absolute atomic E-state index is 1.11. The number of aliphatic hydroxyl groups is 1. The molecule has 3 heteroatoms. The Morgan fingerprint density at radius 2 is 2.20 bits per heavy atom. The molecule has 0 amide bonds. The molecule has 1 unspecified atom stereocenters. The van der Waals surface area contributed by atoms with Crippen molar-refractivity contribution >= 4 is 6.29 Å². The molecular formula is C2H4NO2. The Labute approximate surface area is 29.4 Å². The van der Waals surface area contributed by atoms with Crippen LogP contribution in [0.25, 0.3) is 0 Å². The lowest BCUT2D eigenvalue weighted by atomic mass is 10.7. The van der Waals surface area contributed by atoms with E-state index in [9.17, 15) is 0 Å². The van der Waals surface area contributed by atoms with E-state index in [1.165, 1.54) is 0 Å². The monoisotopic (exact) mass is 74.0 g/mol. The summed E-state index contributed by atoms with van der Waals surface area (Å²) in [5, 5.41) is 7.72. The van der Waals surface area contributed by atoms with Crippen LogP contribution in [-0.2, 0) is 4.79 Å². The molecule has 3 nitrogen and oxygen atoms in total. The highest BCUT2D eigenvalue weighted by Crippen LogP contribution is 1.47. The molecule has 0 heterocycles. The standard InChI is InChI=1S/C2H4NO2/c3-2(5)1-4/h2,5H,3H2. The number of nitrogens with two attached hydrogens (primary N) is 1. The molecule has 0 aliphatic heterocycles. The molecule has 0 aliphatic rings. The molecule has 0 aromatic carbocycles. The van der Waals surface area contributed by atoms with Gasteiger partial charge in [-0.1, -0.05) is 0 Å². The van der Waals surface area contributed by atoms with Gasteiger partial charge in [0.2, 0.25) is 6.29 Å². The highest BCUT2D eigenvalue weighted by Gasteiger charge is 1.83. The van der Waals surface area contributed by atoms with Gasteiger partial charge >= 0.3 is 0 Å². The number of rotatable bonds is 1. The third-order valence-electron chi connectivity index (χ3n) is 0.121. The minimum Gasteiger partial charge on any atom is -0.371 e. The zero-order valence-corrected chi connectivity index (χ0v) is 2.51. The van der Waals surface area contributed by atoms with Gasteiger partial charge in [-0.2, -0.15) is 0 Å². The first-order chi connectivity index (χ1) is 2.27. The highest BCUT2D eigenvalue weighted by molar-refractivity contribution is 5.55. The van der Waals surface area contributed by atoms with Crippen LogP contribution >= 0.6 is 0 Å². The molecule has 0 bridgehead atoms. The summed E-state index contributed by atoms with van der Waals surface area (Å²) in [5.74, 6) is 0. The quantitative estimate of drug-likeness (QED) is 0.367. The molecule has 0 aliphatic carbocycles. The SMILES string of the molecule is NC(O)[C]=O. The molecular weight excluding hydrogens is 70.0 g/mol. The van der Waals surface area contributed by atoms with Gasteiger partial charge in [0.15, 0.2) is 6.23 Å². The largest absolute Gasteiger partial charge is 0.371 e. The third kappa shape index (κ3) is 3.59. The van der Waals surface area contributed by atoms with Crippen LogP contribution in [0, 0.1) is 0 Å². The number of hydrogen-bond donors (Lipinski definition) is 2. The van der Waals surface area contributed by atoms with Crippen LogP contribution in [0.5, 0.6) is 0 Å². The van der Waals surface area contributed by atoms with Gasteiger partial charge in [-0.3, -0.25) is 10.5 Å². The van der Waals surface area contributed by atoms with E-state index in [1.54, 1.807) is 0 Å². The molecule has 0 fully saturated rings. The van der Waals surface area contributed by atoms with E-state index in [4.69, 9.17) is 9.90 Å². The first kappa shape index (κ1) is 4.59. The molecule has 1 radical (unpaired) electrons. The van der Waals surface area contributed by atoms with E-state index in [-0.39, 0.29) is 0 Å². The second-order valence-electron chi connectivity index (χ2n) is 0.563. The van der Waals surface area contributed by atoms with Crippen molar-refractivity contribution in [1.29, 1.82) is 0 Å². The number of carbonyl (C=O) groups excluding carboxylic acids is 1. The number of aliphatic hydroxyl groups excluding tert-OH is 1. The van der Waals surface area contributed by atoms with Crippen molar-refractivity contribution in [2.45, 2.75) is 6.23 Å². The van der Waals surface area contributed by atoms with Crippen LogP contribution in [0.3, 0.4) is 0 Å². The predicted molar refractivity (Wildman–Crippen MR) is 15.9 cm³/mol. The van der Waals surface area contributed by atoms with Gasteiger partial charge in [0, 0.05) is 0 Å². The first-order valence-electron chi connectivity index (χ1n) is 1.08. The van der Waals surface area contributed by atoms with E-state index in [0.717, 1.165) is 6.29 Å². The van der Waals surface area contributed by atoms with Gasteiger partial charge in [0.25, 0.3) is 0 Å². The molecule has 0 rings (SSSR count). The molecule has 1 atom stereocenters. The van der Waals surface area contributed by atoms with Crippen LogP contribution in [0.1, 0.15) is 0 Å². The predicted octanol–water partition coefficient (Wildman–Crippen LogP) is -1.63. The van der Waals surface area contributed by atoms with Gasteiger partial charge in [0.05, 0.1) is 0 Å². The molecule has 5 heavy (non-hydrogen) atoms. The van der Waals surface area contributed by atoms with Crippen LogP contribution in [0.2, 0.25) is 0 Å². The molecule has 0 aromatic rings. The maximum Gasteiger partial charge on any atom is 0.245 e. The second-order valence-corrected chi connectivity index (χ2v) is 0.563. The smallest absolute Gasteiger partial charge is 0.245 e. The third-order valence-corrected chi connectivity index (χ3v) is 0.121. The highest BCUT2D eigenvalue weighted by atomic mass is 16.3. The average molecular weight is 74.1 g/mol. The van der Waals surface area contributed by atoms with Crippen molar-refractivity contribution in [2.75, 3.05) is 0 Å². The summed E-state index contributed by atoms with van der Waals surface area (Å²) < 4.78 is 0. The zero-order valence-electron chi connectivity index (χ0n) is 2.51. The normalized spacial score (nSPS) is 14.0. The van der Waals surface area contributed by atoms with Crippen molar-refractivity contribution in [3.8, 4) is 0 Å². The lowest BCUT2D eigenvalue weighted by molar-refractivity contribution is 0.243. The molecule has 3 N–H and O–H groups in total. The first-order valence-corrected chi connectivity index (χ1v) is 1.08. The lowest BCUT2D eigenvalue weighted by Crippen LogP contribution is -2.19.